The molecule has 0 saturated heterocycles. The minimum absolute atomic E-state index is 0.160. The van der Waals surface area contributed by atoms with Crippen molar-refractivity contribution in [2.75, 3.05) is 14.2 Å². The Morgan fingerprint density at radius 1 is 1.71 bits per heavy atom. The number of methoxy groups -OCH3 is 1. The van der Waals surface area contributed by atoms with Crippen LogP contribution in [0, 0.1) is 5.92 Å². The van der Waals surface area contributed by atoms with Gasteiger partial charge in [0.05, 0.1) is 7.11 Å². The van der Waals surface area contributed by atoms with Gasteiger partial charge in [0, 0.05) is 0 Å². The van der Waals surface area contributed by atoms with E-state index in [1.807, 2.05) is 0 Å². The molecule has 1 aliphatic rings. The van der Waals surface area contributed by atoms with Crippen LogP contribution in [0.1, 0.15) is 25.7 Å². The number of ether oxygens (including phenoxy) is 1. The molecule has 0 aromatic rings. The molecule has 2 atom stereocenters. The van der Waals surface area contributed by atoms with Crippen molar-refractivity contribution in [3.05, 3.63) is 12.2 Å². The third kappa shape index (κ3) is 2.58. The van der Waals surface area contributed by atoms with Crippen LogP contribution in [0.2, 0.25) is 0 Å². The van der Waals surface area contributed by atoms with E-state index in [1.54, 1.807) is 7.05 Å². The van der Waals surface area contributed by atoms with Crippen molar-refractivity contribution in [1.29, 1.82) is 0 Å². The summed E-state index contributed by atoms with van der Waals surface area (Å²) in [5.41, 5.74) is 1.26. The van der Waals surface area contributed by atoms with Gasteiger partial charge in [-0.1, -0.05) is 12.2 Å². The van der Waals surface area contributed by atoms with Crippen LogP contribution in [-0.4, -0.2) is 26.2 Å². The second kappa shape index (κ2) is 5.15. The lowest BCUT2D eigenvalue weighted by Crippen LogP contribution is -2.42. The highest BCUT2D eigenvalue weighted by atomic mass is 16.5. The fourth-order valence-electron chi connectivity index (χ4n) is 2.15. The van der Waals surface area contributed by atoms with Crippen LogP contribution in [0.4, 0.5) is 0 Å². The Bertz CT molecular complexity index is 225. The van der Waals surface area contributed by atoms with Gasteiger partial charge < -0.3 is 10.1 Å². The first-order chi connectivity index (χ1) is 6.69. The van der Waals surface area contributed by atoms with E-state index in [4.69, 9.17) is 4.74 Å². The summed E-state index contributed by atoms with van der Waals surface area (Å²) in [5.74, 6) is 0.195. The van der Waals surface area contributed by atoms with Gasteiger partial charge in [-0.15, -0.1) is 0 Å². The number of rotatable bonds is 3. The molecule has 14 heavy (non-hydrogen) atoms. The number of likely N-dealkylation sites (N-methyl/N-ethyl adjacent to an activating group) is 1. The molecule has 1 aliphatic carbocycles. The Morgan fingerprint density at radius 2 is 2.43 bits per heavy atom. The highest BCUT2D eigenvalue weighted by molar-refractivity contribution is 5.76. The maximum Gasteiger partial charge on any atom is 0.323 e. The molecular weight excluding hydrogens is 178 g/mol. The number of hydrogen-bond donors (Lipinski definition) is 1. The first kappa shape index (κ1) is 11.2. The number of nitrogens with one attached hydrogen (secondary N) is 1. The highest BCUT2D eigenvalue weighted by Crippen LogP contribution is 2.29. The van der Waals surface area contributed by atoms with Crippen LogP contribution < -0.4 is 5.32 Å². The van der Waals surface area contributed by atoms with Gasteiger partial charge in [-0.2, -0.15) is 0 Å². The molecule has 0 aromatic carbocycles. The molecule has 0 aromatic heterocycles. The fraction of sp³-hybridized carbons (Fsp3) is 0.727. The molecule has 1 N–H and O–H groups in total. The Morgan fingerprint density at radius 3 is 2.93 bits per heavy atom. The average Bonchev–Trinajstić information content (AvgIpc) is 2.19. The lowest BCUT2D eigenvalue weighted by molar-refractivity contribution is -0.144. The Kier molecular flexibility index (Phi) is 4.14. The molecule has 0 bridgehead atoms. The summed E-state index contributed by atoms with van der Waals surface area (Å²) in [5, 5.41) is 3.03. The molecule has 0 spiro atoms. The van der Waals surface area contributed by atoms with Crippen LogP contribution in [0.3, 0.4) is 0 Å². The molecule has 0 aliphatic heterocycles. The Balaban J connectivity index is 2.59. The van der Waals surface area contributed by atoms with E-state index < -0.39 is 0 Å². The zero-order valence-electron chi connectivity index (χ0n) is 9.01. The smallest absolute Gasteiger partial charge is 0.323 e. The van der Waals surface area contributed by atoms with E-state index in [1.165, 1.54) is 12.7 Å². The first-order valence-corrected chi connectivity index (χ1v) is 5.10. The maximum absolute atomic E-state index is 11.4. The fourth-order valence-corrected chi connectivity index (χ4v) is 2.15. The van der Waals surface area contributed by atoms with Crippen molar-refractivity contribution in [3.63, 3.8) is 0 Å². The van der Waals surface area contributed by atoms with Crippen LogP contribution in [0.25, 0.3) is 0 Å². The van der Waals surface area contributed by atoms with Gasteiger partial charge >= 0.3 is 5.97 Å². The molecule has 0 amide bonds. The summed E-state index contributed by atoms with van der Waals surface area (Å²) in [6.45, 7) is 3.99. The van der Waals surface area contributed by atoms with Gasteiger partial charge in [0.15, 0.2) is 0 Å². The molecule has 80 valence electrons. The quantitative estimate of drug-likeness (QED) is 0.550. The monoisotopic (exact) mass is 197 g/mol. The van der Waals surface area contributed by atoms with Gasteiger partial charge in [0.1, 0.15) is 6.04 Å². The normalized spacial score (nSPS) is 24.4. The van der Waals surface area contributed by atoms with Gasteiger partial charge in [0.25, 0.3) is 0 Å². The molecule has 0 heterocycles. The summed E-state index contributed by atoms with van der Waals surface area (Å²) in [6.07, 6.45) is 4.27. The number of allylic oxidation sites excluding steroid dienone is 1. The predicted molar refractivity (Wildman–Crippen MR) is 56.0 cm³/mol. The number of hydrogen-bond acceptors (Lipinski definition) is 3. The van der Waals surface area contributed by atoms with Crippen molar-refractivity contribution in [2.24, 2.45) is 5.92 Å². The summed E-state index contributed by atoms with van der Waals surface area (Å²) in [7, 11) is 3.24. The standard InChI is InChI=1S/C11H19NO2/c1-8-5-4-6-9(7-8)10(12-2)11(13)14-3/h9-10,12H,1,4-7H2,2-3H3/t9-,10-/m0/s1. The van der Waals surface area contributed by atoms with E-state index >= 15 is 0 Å². The number of carbonyl (C=O) groups excluding carboxylic acids is 1. The molecule has 0 radical (unpaired) electrons. The van der Waals surface area contributed by atoms with E-state index in [-0.39, 0.29) is 12.0 Å². The summed E-state index contributed by atoms with van der Waals surface area (Å²) in [6, 6.07) is -0.169. The summed E-state index contributed by atoms with van der Waals surface area (Å²) >= 11 is 0. The SMILES string of the molecule is C=C1CCC[C@H]([C@H](NC)C(=O)OC)C1. The third-order valence-electron chi connectivity index (χ3n) is 2.89. The van der Waals surface area contributed by atoms with Crippen molar-refractivity contribution in [2.45, 2.75) is 31.7 Å². The molecule has 1 saturated carbocycles. The first-order valence-electron chi connectivity index (χ1n) is 5.10. The van der Waals surface area contributed by atoms with Crippen molar-refractivity contribution >= 4 is 5.97 Å². The summed E-state index contributed by atoms with van der Waals surface area (Å²) in [4.78, 5) is 11.4. The Labute approximate surface area is 85.5 Å². The average molecular weight is 197 g/mol. The molecule has 1 fully saturated rings. The van der Waals surface area contributed by atoms with Gasteiger partial charge in [-0.3, -0.25) is 4.79 Å². The molecule has 3 heteroatoms. The van der Waals surface area contributed by atoms with Crippen LogP contribution in [-0.2, 0) is 9.53 Å². The van der Waals surface area contributed by atoms with Crippen molar-refractivity contribution in [1.82, 2.24) is 5.32 Å². The minimum Gasteiger partial charge on any atom is -0.468 e. The topological polar surface area (TPSA) is 38.3 Å². The lowest BCUT2D eigenvalue weighted by Gasteiger charge is -2.29. The summed E-state index contributed by atoms with van der Waals surface area (Å²) < 4.78 is 4.76. The van der Waals surface area contributed by atoms with Crippen molar-refractivity contribution in [3.8, 4) is 0 Å². The predicted octanol–water partition coefficient (Wildman–Crippen LogP) is 1.49. The largest absolute Gasteiger partial charge is 0.468 e. The van der Waals surface area contributed by atoms with Crippen LogP contribution in [0.15, 0.2) is 12.2 Å². The minimum atomic E-state index is -0.169. The zero-order chi connectivity index (χ0) is 10.6. The molecular formula is C11H19NO2. The van der Waals surface area contributed by atoms with Gasteiger partial charge in [-0.05, 0) is 38.6 Å². The second-order valence-electron chi connectivity index (χ2n) is 3.90. The van der Waals surface area contributed by atoms with Gasteiger partial charge in [-0.25, -0.2) is 0 Å². The number of carbonyl (C=O) groups is 1. The molecule has 1 rings (SSSR count). The van der Waals surface area contributed by atoms with E-state index in [0.29, 0.717) is 5.92 Å². The second-order valence-corrected chi connectivity index (χ2v) is 3.90. The van der Waals surface area contributed by atoms with Crippen LogP contribution >= 0.6 is 0 Å². The van der Waals surface area contributed by atoms with Crippen molar-refractivity contribution < 1.29 is 9.53 Å². The maximum atomic E-state index is 11.4. The molecule has 0 unspecified atom stereocenters. The Hall–Kier alpha value is -0.830. The number of esters is 1. The van der Waals surface area contributed by atoms with Crippen LogP contribution in [0.5, 0.6) is 0 Å². The third-order valence-corrected chi connectivity index (χ3v) is 2.89. The highest BCUT2D eigenvalue weighted by Gasteiger charge is 2.29. The van der Waals surface area contributed by atoms with E-state index in [2.05, 4.69) is 11.9 Å². The van der Waals surface area contributed by atoms with E-state index in [9.17, 15) is 4.79 Å². The van der Waals surface area contributed by atoms with E-state index in [0.717, 1.165) is 25.7 Å². The van der Waals surface area contributed by atoms with Gasteiger partial charge in [0.2, 0.25) is 0 Å². The lowest BCUT2D eigenvalue weighted by atomic mass is 9.81. The molecule has 3 nitrogen and oxygen atoms in total. The zero-order valence-corrected chi connectivity index (χ0v) is 9.01.